The van der Waals surface area contributed by atoms with Crippen molar-refractivity contribution in [1.82, 2.24) is 5.32 Å². The monoisotopic (exact) mass is 368 g/mol. The molecule has 0 atom stereocenters. The van der Waals surface area contributed by atoms with Crippen molar-refractivity contribution in [2.45, 2.75) is 37.8 Å². The molecule has 3 nitrogen and oxygen atoms in total. The third-order valence-corrected chi connectivity index (χ3v) is 3.80. The van der Waals surface area contributed by atoms with Gasteiger partial charge in [0, 0.05) is 16.6 Å². The van der Waals surface area contributed by atoms with Gasteiger partial charge in [0.2, 0.25) is 0 Å². The van der Waals surface area contributed by atoms with Crippen LogP contribution in [0.1, 0.15) is 36.0 Å². The van der Waals surface area contributed by atoms with E-state index >= 15 is 0 Å². The average molecular weight is 370 g/mol. The van der Waals surface area contributed by atoms with Gasteiger partial charge in [-0.2, -0.15) is 0 Å². The SMILES string of the molecule is Cl.NC1CCC(NC(=O)c2c(F)cc(Br)cc2F)CC1. The second-order valence-corrected chi connectivity index (χ2v) is 5.75. The minimum atomic E-state index is -0.864. The Labute approximate surface area is 130 Å². The second kappa shape index (κ2) is 7.33. The van der Waals surface area contributed by atoms with Crippen LogP contribution in [0.4, 0.5) is 8.78 Å². The van der Waals surface area contributed by atoms with Gasteiger partial charge >= 0.3 is 0 Å². The van der Waals surface area contributed by atoms with Gasteiger partial charge in [0.05, 0.1) is 0 Å². The highest BCUT2D eigenvalue weighted by Gasteiger charge is 2.24. The summed E-state index contributed by atoms with van der Waals surface area (Å²) in [6.45, 7) is 0. The number of amides is 1. The Kier molecular flexibility index (Phi) is 6.36. The standard InChI is InChI=1S/C13H15BrF2N2O.ClH/c14-7-5-10(15)12(11(16)6-7)13(19)18-9-3-1-8(17)2-4-9;/h5-6,8-9H,1-4,17H2,(H,18,19);1H. The van der Waals surface area contributed by atoms with Gasteiger partial charge in [0.15, 0.2) is 0 Å². The van der Waals surface area contributed by atoms with Crippen LogP contribution in [0, 0.1) is 11.6 Å². The quantitative estimate of drug-likeness (QED) is 0.841. The summed E-state index contributed by atoms with van der Waals surface area (Å²) in [6.07, 6.45) is 3.12. The molecule has 1 amide bonds. The van der Waals surface area contributed by atoms with E-state index in [1.54, 1.807) is 0 Å². The molecular weight excluding hydrogens is 354 g/mol. The number of carbonyl (C=O) groups is 1. The lowest BCUT2D eigenvalue weighted by molar-refractivity contribution is 0.0917. The number of halogens is 4. The zero-order chi connectivity index (χ0) is 14.0. The normalized spacial score (nSPS) is 22.0. The van der Waals surface area contributed by atoms with Crippen molar-refractivity contribution >= 4 is 34.2 Å². The second-order valence-electron chi connectivity index (χ2n) is 4.83. The van der Waals surface area contributed by atoms with Gasteiger partial charge in [-0.25, -0.2) is 8.78 Å². The Hall–Kier alpha value is -0.720. The first kappa shape index (κ1) is 17.3. The molecule has 0 aliphatic heterocycles. The zero-order valence-corrected chi connectivity index (χ0v) is 13.1. The number of carbonyl (C=O) groups excluding carboxylic acids is 1. The maximum atomic E-state index is 13.6. The molecule has 1 fully saturated rings. The molecule has 112 valence electrons. The fourth-order valence-electron chi connectivity index (χ4n) is 2.28. The Bertz CT molecular complexity index is 470. The number of nitrogens with two attached hydrogens (primary N) is 1. The summed E-state index contributed by atoms with van der Waals surface area (Å²) in [7, 11) is 0. The smallest absolute Gasteiger partial charge is 0.257 e. The van der Waals surface area contributed by atoms with Crippen molar-refractivity contribution in [3.8, 4) is 0 Å². The van der Waals surface area contributed by atoms with Crippen LogP contribution in [0.15, 0.2) is 16.6 Å². The van der Waals surface area contributed by atoms with E-state index in [4.69, 9.17) is 5.73 Å². The zero-order valence-electron chi connectivity index (χ0n) is 10.7. The predicted octanol–water partition coefficient (Wildman–Crippen LogP) is 3.15. The van der Waals surface area contributed by atoms with E-state index in [9.17, 15) is 13.6 Å². The minimum absolute atomic E-state index is 0. The Morgan fingerprint density at radius 3 is 2.20 bits per heavy atom. The first-order valence-electron chi connectivity index (χ1n) is 6.18. The largest absolute Gasteiger partial charge is 0.349 e. The van der Waals surface area contributed by atoms with Gasteiger partial charge in [-0.3, -0.25) is 4.79 Å². The number of nitrogens with one attached hydrogen (secondary N) is 1. The molecule has 1 saturated carbocycles. The fourth-order valence-corrected chi connectivity index (χ4v) is 2.68. The molecule has 1 aliphatic rings. The lowest BCUT2D eigenvalue weighted by Crippen LogP contribution is -2.41. The van der Waals surface area contributed by atoms with E-state index in [-0.39, 0.29) is 29.0 Å². The molecule has 0 bridgehead atoms. The molecule has 0 spiro atoms. The molecule has 3 N–H and O–H groups in total. The highest BCUT2D eigenvalue weighted by molar-refractivity contribution is 9.10. The lowest BCUT2D eigenvalue weighted by atomic mass is 9.91. The van der Waals surface area contributed by atoms with Crippen LogP contribution in [-0.2, 0) is 0 Å². The molecule has 7 heteroatoms. The molecule has 1 aromatic rings. The van der Waals surface area contributed by atoms with Crippen LogP contribution >= 0.6 is 28.3 Å². The topological polar surface area (TPSA) is 55.1 Å². The summed E-state index contributed by atoms with van der Waals surface area (Å²) < 4.78 is 27.5. The van der Waals surface area contributed by atoms with E-state index in [0.717, 1.165) is 37.8 Å². The van der Waals surface area contributed by atoms with Crippen molar-refractivity contribution in [2.24, 2.45) is 5.73 Å². The van der Waals surface area contributed by atoms with Crippen LogP contribution in [-0.4, -0.2) is 18.0 Å². The minimum Gasteiger partial charge on any atom is -0.349 e. The van der Waals surface area contributed by atoms with Crippen molar-refractivity contribution in [1.29, 1.82) is 0 Å². The lowest BCUT2D eigenvalue weighted by Gasteiger charge is -2.26. The maximum absolute atomic E-state index is 13.6. The van der Waals surface area contributed by atoms with Crippen LogP contribution in [0.25, 0.3) is 0 Å². The molecule has 1 aliphatic carbocycles. The first-order chi connectivity index (χ1) is 8.97. The van der Waals surface area contributed by atoms with E-state index in [1.807, 2.05) is 0 Å². The van der Waals surface area contributed by atoms with Gasteiger partial charge in [-0.1, -0.05) is 15.9 Å². The van der Waals surface area contributed by atoms with Crippen LogP contribution in [0.3, 0.4) is 0 Å². The molecule has 1 aromatic carbocycles. The molecule has 0 aromatic heterocycles. The van der Waals surface area contributed by atoms with E-state index in [0.29, 0.717) is 0 Å². The van der Waals surface area contributed by atoms with Crippen molar-refractivity contribution in [3.63, 3.8) is 0 Å². The third-order valence-electron chi connectivity index (χ3n) is 3.34. The number of hydrogen-bond donors (Lipinski definition) is 2. The number of hydrogen-bond acceptors (Lipinski definition) is 2. The summed E-state index contributed by atoms with van der Waals surface area (Å²) in [5, 5.41) is 2.67. The maximum Gasteiger partial charge on any atom is 0.257 e. The van der Waals surface area contributed by atoms with Gasteiger partial charge in [0.25, 0.3) is 5.91 Å². The van der Waals surface area contributed by atoms with Gasteiger partial charge in [-0.05, 0) is 37.8 Å². The summed E-state index contributed by atoms with van der Waals surface area (Å²) >= 11 is 2.98. The molecule has 0 radical (unpaired) electrons. The van der Waals surface area contributed by atoms with E-state index < -0.39 is 23.1 Å². The predicted molar refractivity (Wildman–Crippen MR) is 79.0 cm³/mol. The number of benzene rings is 1. The molecule has 0 heterocycles. The molecule has 0 unspecified atom stereocenters. The van der Waals surface area contributed by atoms with Gasteiger partial charge in [-0.15, -0.1) is 12.4 Å². The van der Waals surface area contributed by atoms with Crippen LogP contribution < -0.4 is 11.1 Å². The molecule has 0 saturated heterocycles. The van der Waals surface area contributed by atoms with E-state index in [1.165, 1.54) is 0 Å². The molecule has 2 rings (SSSR count). The van der Waals surface area contributed by atoms with Gasteiger partial charge in [0.1, 0.15) is 17.2 Å². The highest BCUT2D eigenvalue weighted by Crippen LogP contribution is 2.21. The first-order valence-corrected chi connectivity index (χ1v) is 6.97. The fraction of sp³-hybridized carbons (Fsp3) is 0.462. The molecular formula is C13H16BrClF2N2O. The van der Waals surface area contributed by atoms with E-state index in [2.05, 4.69) is 21.2 Å². The summed E-state index contributed by atoms with van der Waals surface area (Å²) in [5.41, 5.74) is 5.24. The summed E-state index contributed by atoms with van der Waals surface area (Å²) in [4.78, 5) is 11.9. The Morgan fingerprint density at radius 1 is 1.20 bits per heavy atom. The Balaban J connectivity index is 0.00000200. The third kappa shape index (κ3) is 4.14. The van der Waals surface area contributed by atoms with Crippen molar-refractivity contribution in [2.75, 3.05) is 0 Å². The van der Waals surface area contributed by atoms with Crippen LogP contribution in [0.2, 0.25) is 0 Å². The highest BCUT2D eigenvalue weighted by atomic mass is 79.9. The van der Waals surface area contributed by atoms with Crippen molar-refractivity contribution in [3.05, 3.63) is 33.8 Å². The summed E-state index contributed by atoms with van der Waals surface area (Å²) in [6, 6.07) is 2.26. The average Bonchev–Trinajstić information content (AvgIpc) is 2.30. The number of rotatable bonds is 2. The molecule has 20 heavy (non-hydrogen) atoms. The summed E-state index contributed by atoms with van der Waals surface area (Å²) in [5.74, 6) is -2.43. The van der Waals surface area contributed by atoms with Crippen molar-refractivity contribution < 1.29 is 13.6 Å². The Morgan fingerprint density at radius 2 is 1.70 bits per heavy atom. The van der Waals surface area contributed by atoms with Crippen LogP contribution in [0.5, 0.6) is 0 Å². The van der Waals surface area contributed by atoms with Gasteiger partial charge < -0.3 is 11.1 Å².